The fourth-order valence-electron chi connectivity index (χ4n) is 2.26. The monoisotopic (exact) mass is 285 g/mol. The second kappa shape index (κ2) is 4.37. The minimum atomic E-state index is -3.01. The maximum Gasteiger partial charge on any atom is 0.292 e. The van der Waals surface area contributed by atoms with E-state index in [4.69, 9.17) is 5.73 Å². The van der Waals surface area contributed by atoms with Gasteiger partial charge in [0.1, 0.15) is 5.69 Å². The topological polar surface area (TPSA) is 115 Å². The minimum Gasteiger partial charge on any atom is -0.393 e. The summed E-state index contributed by atoms with van der Waals surface area (Å²) < 4.78 is 23.0. The average molecular weight is 285 g/mol. The quantitative estimate of drug-likeness (QED) is 0.489. The molecule has 0 bridgehead atoms. The van der Waals surface area contributed by atoms with Crippen LogP contribution in [0.15, 0.2) is 18.2 Å². The van der Waals surface area contributed by atoms with Crippen LogP contribution in [0.5, 0.6) is 0 Å². The Morgan fingerprint density at radius 1 is 1.47 bits per heavy atom. The van der Waals surface area contributed by atoms with Crippen molar-refractivity contribution >= 4 is 26.9 Å². The van der Waals surface area contributed by atoms with Crippen LogP contribution in [0, 0.1) is 10.1 Å². The number of rotatable bonds is 3. The number of nitrogens with zero attached hydrogens (tertiary/aromatic N) is 1. The summed E-state index contributed by atoms with van der Waals surface area (Å²) in [7, 11) is -3.01. The van der Waals surface area contributed by atoms with Crippen molar-refractivity contribution in [2.45, 2.75) is 18.9 Å². The van der Waals surface area contributed by atoms with Crippen LogP contribution >= 0.6 is 0 Å². The fraction of sp³-hybridized carbons (Fsp3) is 0.455. The van der Waals surface area contributed by atoms with Crippen molar-refractivity contribution in [3.8, 4) is 0 Å². The third kappa shape index (κ3) is 2.95. The SMILES string of the molecule is CC1(Nc2ccc([N+](=O)[O-])c(N)c2)CCS(=O)(=O)C1. The largest absolute Gasteiger partial charge is 0.393 e. The highest BCUT2D eigenvalue weighted by atomic mass is 32.2. The molecule has 1 aromatic carbocycles. The van der Waals surface area contributed by atoms with E-state index in [2.05, 4.69) is 5.32 Å². The van der Waals surface area contributed by atoms with Crippen molar-refractivity contribution in [3.63, 3.8) is 0 Å². The molecule has 1 aromatic rings. The van der Waals surface area contributed by atoms with E-state index in [1.165, 1.54) is 18.2 Å². The molecule has 0 radical (unpaired) electrons. The number of nitrogens with one attached hydrogen (secondary N) is 1. The lowest BCUT2D eigenvalue weighted by atomic mass is 10.0. The predicted molar refractivity (Wildman–Crippen MR) is 72.8 cm³/mol. The van der Waals surface area contributed by atoms with Crippen molar-refractivity contribution in [2.75, 3.05) is 22.6 Å². The maximum atomic E-state index is 11.5. The molecule has 1 atom stereocenters. The summed E-state index contributed by atoms with van der Waals surface area (Å²) in [5, 5.41) is 13.7. The van der Waals surface area contributed by atoms with Crippen LogP contribution in [0.3, 0.4) is 0 Å². The van der Waals surface area contributed by atoms with Crippen LogP contribution < -0.4 is 11.1 Å². The summed E-state index contributed by atoms with van der Waals surface area (Å²) in [6.07, 6.45) is 0.506. The van der Waals surface area contributed by atoms with Gasteiger partial charge < -0.3 is 11.1 Å². The van der Waals surface area contributed by atoms with Gasteiger partial charge in [-0.1, -0.05) is 0 Å². The van der Waals surface area contributed by atoms with Crippen molar-refractivity contribution in [1.82, 2.24) is 0 Å². The van der Waals surface area contributed by atoms with Crippen molar-refractivity contribution < 1.29 is 13.3 Å². The van der Waals surface area contributed by atoms with Crippen molar-refractivity contribution in [3.05, 3.63) is 28.3 Å². The first-order valence-electron chi connectivity index (χ1n) is 5.73. The van der Waals surface area contributed by atoms with Crippen LogP contribution in [0.4, 0.5) is 17.1 Å². The number of nitro benzene ring substituents is 1. The highest BCUT2D eigenvalue weighted by Crippen LogP contribution is 2.30. The molecule has 1 unspecified atom stereocenters. The minimum absolute atomic E-state index is 0.0525. The average Bonchev–Trinajstić information content (AvgIpc) is 2.52. The number of sulfone groups is 1. The van der Waals surface area contributed by atoms with Gasteiger partial charge in [0.15, 0.2) is 9.84 Å². The second-order valence-corrected chi connectivity index (χ2v) is 7.24. The van der Waals surface area contributed by atoms with Crippen LogP contribution in [-0.4, -0.2) is 30.4 Å². The molecule has 19 heavy (non-hydrogen) atoms. The molecule has 2 rings (SSSR count). The van der Waals surface area contributed by atoms with E-state index in [0.717, 1.165) is 0 Å². The summed E-state index contributed by atoms with van der Waals surface area (Å²) in [4.78, 5) is 10.1. The van der Waals surface area contributed by atoms with Gasteiger partial charge in [0, 0.05) is 17.3 Å². The summed E-state index contributed by atoms with van der Waals surface area (Å²) in [5.41, 5.74) is 5.52. The molecule has 0 spiro atoms. The number of nitro groups is 1. The number of nitrogen functional groups attached to an aromatic ring is 1. The summed E-state index contributed by atoms with van der Waals surface area (Å²) in [6.45, 7) is 1.81. The Labute approximate surface area is 110 Å². The van der Waals surface area contributed by atoms with Crippen LogP contribution in [-0.2, 0) is 9.84 Å². The van der Waals surface area contributed by atoms with E-state index in [0.29, 0.717) is 12.1 Å². The van der Waals surface area contributed by atoms with Crippen LogP contribution in [0.25, 0.3) is 0 Å². The van der Waals surface area contributed by atoms with E-state index in [1.54, 1.807) is 0 Å². The van der Waals surface area contributed by atoms with E-state index in [1.807, 2.05) is 6.92 Å². The van der Waals surface area contributed by atoms with Gasteiger partial charge in [-0.25, -0.2) is 8.42 Å². The van der Waals surface area contributed by atoms with Crippen molar-refractivity contribution in [2.24, 2.45) is 0 Å². The van der Waals surface area contributed by atoms with Crippen molar-refractivity contribution in [1.29, 1.82) is 0 Å². The van der Waals surface area contributed by atoms with Gasteiger partial charge in [-0.05, 0) is 25.5 Å². The van der Waals surface area contributed by atoms with Gasteiger partial charge in [-0.2, -0.15) is 0 Å². The fourth-order valence-corrected chi connectivity index (χ4v) is 4.35. The molecule has 8 heteroatoms. The molecule has 7 nitrogen and oxygen atoms in total. The Kier molecular flexibility index (Phi) is 3.13. The van der Waals surface area contributed by atoms with Gasteiger partial charge in [0.25, 0.3) is 5.69 Å². The summed E-state index contributed by atoms with van der Waals surface area (Å²) in [5.74, 6) is 0.204. The van der Waals surface area contributed by atoms with Gasteiger partial charge in [0.05, 0.1) is 16.4 Å². The zero-order valence-electron chi connectivity index (χ0n) is 10.4. The molecule has 1 heterocycles. The lowest BCUT2D eigenvalue weighted by Crippen LogP contribution is -2.35. The van der Waals surface area contributed by atoms with Crippen LogP contribution in [0.2, 0.25) is 0 Å². The zero-order valence-corrected chi connectivity index (χ0v) is 11.2. The molecule has 0 aromatic heterocycles. The summed E-state index contributed by atoms with van der Waals surface area (Å²) >= 11 is 0. The second-order valence-electron chi connectivity index (χ2n) is 5.06. The number of nitrogens with two attached hydrogens (primary N) is 1. The van der Waals surface area contributed by atoms with Gasteiger partial charge in [-0.3, -0.25) is 10.1 Å². The maximum absolute atomic E-state index is 11.5. The van der Waals surface area contributed by atoms with Gasteiger partial charge in [0.2, 0.25) is 0 Å². The number of benzene rings is 1. The van der Waals surface area contributed by atoms with Crippen LogP contribution in [0.1, 0.15) is 13.3 Å². The smallest absolute Gasteiger partial charge is 0.292 e. The van der Waals surface area contributed by atoms with E-state index in [9.17, 15) is 18.5 Å². The lowest BCUT2D eigenvalue weighted by Gasteiger charge is -2.25. The van der Waals surface area contributed by atoms with E-state index < -0.39 is 20.3 Å². The molecule has 1 aliphatic heterocycles. The van der Waals surface area contributed by atoms with E-state index in [-0.39, 0.29) is 22.9 Å². The van der Waals surface area contributed by atoms with E-state index >= 15 is 0 Å². The molecule has 0 aliphatic carbocycles. The third-order valence-electron chi connectivity index (χ3n) is 3.17. The Morgan fingerprint density at radius 3 is 2.63 bits per heavy atom. The number of hydrogen-bond donors (Lipinski definition) is 2. The first-order valence-corrected chi connectivity index (χ1v) is 7.55. The molecular weight excluding hydrogens is 270 g/mol. The molecule has 0 amide bonds. The molecule has 1 aliphatic rings. The Bertz CT molecular complexity index is 629. The summed E-state index contributed by atoms with van der Waals surface area (Å²) in [6, 6.07) is 4.30. The highest BCUT2D eigenvalue weighted by molar-refractivity contribution is 7.91. The number of hydrogen-bond acceptors (Lipinski definition) is 6. The first kappa shape index (κ1) is 13.6. The lowest BCUT2D eigenvalue weighted by molar-refractivity contribution is -0.383. The Morgan fingerprint density at radius 2 is 2.16 bits per heavy atom. The molecule has 1 saturated heterocycles. The number of anilines is 2. The van der Waals surface area contributed by atoms with Gasteiger partial charge >= 0.3 is 0 Å². The molecule has 1 fully saturated rings. The Hall–Kier alpha value is -1.83. The standard InChI is InChI=1S/C11H15N3O4S/c1-11(4-5-19(17,18)7-11)13-8-2-3-10(14(15)16)9(12)6-8/h2-3,6,13H,4-5,7,12H2,1H3. The zero-order chi connectivity index (χ0) is 14.3. The molecule has 0 saturated carbocycles. The van der Waals surface area contributed by atoms with Gasteiger partial charge in [-0.15, -0.1) is 0 Å². The molecule has 104 valence electrons. The first-order chi connectivity index (χ1) is 8.71. The Balaban J connectivity index is 2.21. The third-order valence-corrected chi connectivity index (χ3v) is 5.08. The predicted octanol–water partition coefficient (Wildman–Crippen LogP) is 1.17. The highest BCUT2D eigenvalue weighted by Gasteiger charge is 2.38. The normalized spacial score (nSPS) is 25.1. The molecule has 3 N–H and O–H groups in total. The molecular formula is C11H15N3O4S.